The highest BCUT2D eigenvalue weighted by Crippen LogP contribution is 2.26. The van der Waals surface area contributed by atoms with Crippen molar-refractivity contribution in [3.05, 3.63) is 64.0 Å². The summed E-state index contributed by atoms with van der Waals surface area (Å²) in [6, 6.07) is 9.08. The summed E-state index contributed by atoms with van der Waals surface area (Å²) in [6.45, 7) is 10.6. The molecule has 5 heterocycles. The number of fused-ring (bicyclic) bond motifs is 1. The van der Waals surface area contributed by atoms with Crippen LogP contribution in [0.3, 0.4) is 0 Å². The Bertz CT molecular complexity index is 1350. The van der Waals surface area contributed by atoms with Gasteiger partial charge in [-0.3, -0.25) is 14.5 Å². The zero-order valence-electron chi connectivity index (χ0n) is 21.6. The number of carbonyl (C=O) groups is 1. The van der Waals surface area contributed by atoms with Crippen molar-refractivity contribution in [1.82, 2.24) is 29.8 Å². The third-order valence-electron chi connectivity index (χ3n) is 6.36. The fraction of sp³-hybridized carbons (Fsp3) is 0.407. The molecule has 9 nitrogen and oxygen atoms in total. The summed E-state index contributed by atoms with van der Waals surface area (Å²) in [5.41, 5.74) is 2.56. The number of thiophene rings is 1. The number of ether oxygens (including phenoxy) is 1. The summed E-state index contributed by atoms with van der Waals surface area (Å²) in [5.74, 6) is -0.278. The quantitative estimate of drug-likeness (QED) is 0.362. The highest BCUT2D eigenvalue weighted by atomic mass is 32.1. The van der Waals surface area contributed by atoms with Crippen LogP contribution in [0.25, 0.3) is 27.5 Å². The zero-order chi connectivity index (χ0) is 26.2. The SMILES string of the molecule is C1CCOC1.CCN(CC)C(C)CNC(=O)c1cc(-c2cnn3ccc(-c4cccs4)nc23)[nH]c(=O)c1. The summed E-state index contributed by atoms with van der Waals surface area (Å²) in [5, 5.41) is 9.29. The van der Waals surface area contributed by atoms with E-state index in [-0.39, 0.29) is 17.5 Å². The van der Waals surface area contributed by atoms with Gasteiger partial charge in [0.1, 0.15) is 0 Å². The van der Waals surface area contributed by atoms with Crippen molar-refractivity contribution in [1.29, 1.82) is 0 Å². The maximum atomic E-state index is 12.8. The minimum absolute atomic E-state index is 0.204. The Labute approximate surface area is 220 Å². The number of carbonyl (C=O) groups excluding carboxylic acids is 1. The largest absolute Gasteiger partial charge is 0.381 e. The molecule has 10 heteroatoms. The molecule has 5 rings (SSSR count). The first kappa shape index (κ1) is 26.7. The second-order valence-electron chi connectivity index (χ2n) is 8.86. The monoisotopic (exact) mass is 522 g/mol. The van der Waals surface area contributed by atoms with E-state index in [2.05, 4.69) is 41.1 Å². The molecule has 0 radical (unpaired) electrons. The van der Waals surface area contributed by atoms with Crippen molar-refractivity contribution in [2.24, 2.45) is 0 Å². The molecule has 0 aromatic carbocycles. The topological polar surface area (TPSA) is 105 Å². The Morgan fingerprint density at radius 2 is 2.03 bits per heavy atom. The Balaban J connectivity index is 0.000000572. The molecule has 196 valence electrons. The first-order chi connectivity index (χ1) is 18.0. The Kier molecular flexibility index (Phi) is 9.21. The molecular weight excluding hydrogens is 488 g/mol. The lowest BCUT2D eigenvalue weighted by molar-refractivity contribution is 0.0938. The number of aromatic amines is 1. The van der Waals surface area contributed by atoms with E-state index < -0.39 is 0 Å². The molecular formula is C27H34N6O3S. The lowest BCUT2D eigenvalue weighted by Crippen LogP contribution is -2.42. The number of nitrogens with zero attached hydrogens (tertiary/aromatic N) is 4. The van der Waals surface area contributed by atoms with E-state index in [1.807, 2.05) is 29.8 Å². The van der Waals surface area contributed by atoms with Crippen molar-refractivity contribution in [2.45, 2.75) is 39.7 Å². The van der Waals surface area contributed by atoms with Gasteiger partial charge in [0, 0.05) is 43.6 Å². The molecule has 1 aliphatic rings. The molecule has 4 aromatic heterocycles. The molecule has 2 N–H and O–H groups in total. The maximum absolute atomic E-state index is 12.8. The number of hydrogen-bond donors (Lipinski definition) is 2. The number of nitrogens with one attached hydrogen (secondary N) is 2. The molecule has 37 heavy (non-hydrogen) atoms. The van der Waals surface area contributed by atoms with Crippen LogP contribution in [0.15, 0.2) is 52.9 Å². The van der Waals surface area contributed by atoms with E-state index in [1.54, 1.807) is 28.1 Å². The number of hydrogen-bond acceptors (Lipinski definition) is 7. The van der Waals surface area contributed by atoms with Crippen molar-refractivity contribution in [2.75, 3.05) is 32.8 Å². The van der Waals surface area contributed by atoms with Gasteiger partial charge in [-0.2, -0.15) is 5.10 Å². The van der Waals surface area contributed by atoms with Gasteiger partial charge in [0.05, 0.1) is 28.0 Å². The highest BCUT2D eigenvalue weighted by molar-refractivity contribution is 7.13. The second-order valence-corrected chi connectivity index (χ2v) is 9.81. The number of aromatic nitrogens is 4. The Hall–Kier alpha value is -3.34. The minimum atomic E-state index is -0.349. The van der Waals surface area contributed by atoms with E-state index in [1.165, 1.54) is 18.9 Å². The summed E-state index contributed by atoms with van der Waals surface area (Å²) in [4.78, 5) is 36.0. The molecule has 1 fully saturated rings. The predicted molar refractivity (Wildman–Crippen MR) is 147 cm³/mol. The van der Waals surface area contributed by atoms with Crippen LogP contribution in [0, 0.1) is 0 Å². The van der Waals surface area contributed by atoms with Gasteiger partial charge >= 0.3 is 0 Å². The van der Waals surface area contributed by atoms with Gasteiger partial charge in [-0.25, -0.2) is 9.50 Å². The molecule has 0 spiro atoms. The fourth-order valence-corrected chi connectivity index (χ4v) is 4.96. The van der Waals surface area contributed by atoms with E-state index >= 15 is 0 Å². The van der Waals surface area contributed by atoms with Gasteiger partial charge in [0.2, 0.25) is 5.56 Å². The van der Waals surface area contributed by atoms with Crippen LogP contribution in [-0.2, 0) is 4.74 Å². The van der Waals surface area contributed by atoms with Gasteiger partial charge < -0.3 is 15.0 Å². The molecule has 1 amide bonds. The molecule has 4 aromatic rings. The molecule has 1 atom stereocenters. The number of rotatable bonds is 8. The molecule has 0 bridgehead atoms. The van der Waals surface area contributed by atoms with Crippen LogP contribution in [-0.4, -0.2) is 69.3 Å². The van der Waals surface area contributed by atoms with Crippen LogP contribution in [0.1, 0.15) is 44.0 Å². The predicted octanol–water partition coefficient (Wildman–Crippen LogP) is 4.07. The molecule has 1 unspecified atom stereocenters. The van der Waals surface area contributed by atoms with E-state index in [0.717, 1.165) is 36.9 Å². The molecule has 0 saturated carbocycles. The standard InChI is InChI=1S/C23H26N6O2S.C4H8O/c1-4-28(5-2)15(3)13-24-23(31)16-11-19(26-21(30)12-16)17-14-25-29-9-8-18(27-22(17)29)20-7-6-10-32-20;1-2-4-5-3-1/h6-12,14-15H,4-5,13H2,1-3H3,(H,24,31)(H,26,30);1-4H2. The number of pyridine rings is 1. The third kappa shape index (κ3) is 6.71. The molecule has 1 aliphatic heterocycles. The third-order valence-corrected chi connectivity index (χ3v) is 7.25. The van der Waals surface area contributed by atoms with Crippen molar-refractivity contribution >= 4 is 22.9 Å². The van der Waals surface area contributed by atoms with Gasteiger partial charge in [0.15, 0.2) is 5.65 Å². The second kappa shape index (κ2) is 12.8. The van der Waals surface area contributed by atoms with Gasteiger partial charge in [-0.1, -0.05) is 19.9 Å². The first-order valence-corrected chi connectivity index (χ1v) is 13.6. The number of amides is 1. The minimum Gasteiger partial charge on any atom is -0.381 e. The van der Waals surface area contributed by atoms with E-state index in [4.69, 9.17) is 9.72 Å². The zero-order valence-corrected chi connectivity index (χ0v) is 22.4. The van der Waals surface area contributed by atoms with Crippen LogP contribution in [0.4, 0.5) is 0 Å². The lowest BCUT2D eigenvalue weighted by Gasteiger charge is -2.26. The number of likely N-dealkylation sites (N-methyl/N-ethyl adjacent to an activating group) is 1. The van der Waals surface area contributed by atoms with E-state index in [0.29, 0.717) is 29.0 Å². The van der Waals surface area contributed by atoms with Gasteiger partial charge in [-0.15, -0.1) is 11.3 Å². The van der Waals surface area contributed by atoms with Crippen LogP contribution >= 0.6 is 11.3 Å². The van der Waals surface area contributed by atoms with E-state index in [9.17, 15) is 9.59 Å². The maximum Gasteiger partial charge on any atom is 0.251 e. The van der Waals surface area contributed by atoms with Gasteiger partial charge in [0.25, 0.3) is 5.91 Å². The number of H-pyrrole nitrogens is 1. The average Bonchev–Trinajstić information content (AvgIpc) is 3.70. The van der Waals surface area contributed by atoms with Gasteiger partial charge in [-0.05, 0) is 56.4 Å². The summed E-state index contributed by atoms with van der Waals surface area (Å²) in [6.07, 6.45) is 6.04. The highest BCUT2D eigenvalue weighted by Gasteiger charge is 2.16. The van der Waals surface area contributed by atoms with Crippen LogP contribution in [0.5, 0.6) is 0 Å². The molecule has 0 aliphatic carbocycles. The van der Waals surface area contributed by atoms with Crippen LogP contribution in [0.2, 0.25) is 0 Å². The lowest BCUT2D eigenvalue weighted by atomic mass is 10.1. The summed E-state index contributed by atoms with van der Waals surface area (Å²) < 4.78 is 6.60. The van der Waals surface area contributed by atoms with Crippen LogP contribution < -0.4 is 10.9 Å². The first-order valence-electron chi connectivity index (χ1n) is 12.7. The summed E-state index contributed by atoms with van der Waals surface area (Å²) >= 11 is 1.60. The average molecular weight is 523 g/mol. The fourth-order valence-electron chi connectivity index (χ4n) is 4.27. The normalized spacial score (nSPS) is 13.9. The van der Waals surface area contributed by atoms with Crippen molar-refractivity contribution in [3.8, 4) is 21.8 Å². The van der Waals surface area contributed by atoms with Crippen molar-refractivity contribution < 1.29 is 9.53 Å². The Morgan fingerprint density at radius 1 is 1.24 bits per heavy atom. The summed E-state index contributed by atoms with van der Waals surface area (Å²) in [7, 11) is 0. The van der Waals surface area contributed by atoms with Crippen molar-refractivity contribution in [3.63, 3.8) is 0 Å². The Morgan fingerprint density at radius 3 is 2.68 bits per heavy atom. The molecule has 1 saturated heterocycles. The smallest absolute Gasteiger partial charge is 0.251 e.